The van der Waals surface area contributed by atoms with Gasteiger partial charge in [-0.15, -0.1) is 35.3 Å². The first-order valence-corrected chi connectivity index (χ1v) is 10.5. The zero-order valence-corrected chi connectivity index (χ0v) is 19.0. The van der Waals surface area contributed by atoms with Gasteiger partial charge in [-0.1, -0.05) is 43.2 Å². The molecule has 6 heteroatoms. The molecule has 1 fully saturated rings. The largest absolute Gasteiger partial charge is 0.370 e. The number of rotatable bonds is 7. The van der Waals surface area contributed by atoms with Crippen LogP contribution in [-0.4, -0.2) is 30.5 Å². The molecule has 0 atom stereocenters. The van der Waals surface area contributed by atoms with Crippen LogP contribution < -0.4 is 11.1 Å². The van der Waals surface area contributed by atoms with Gasteiger partial charge in [-0.25, -0.2) is 4.99 Å². The minimum absolute atomic E-state index is 0. The molecule has 0 radical (unpaired) electrons. The number of likely N-dealkylation sites (tertiary alicyclic amines) is 1. The minimum atomic E-state index is 0. The van der Waals surface area contributed by atoms with Crippen molar-refractivity contribution >= 4 is 41.3 Å². The zero-order valence-electron chi connectivity index (χ0n) is 15.9. The molecule has 27 heavy (non-hydrogen) atoms. The lowest BCUT2D eigenvalue weighted by molar-refractivity contribution is 0.277. The van der Waals surface area contributed by atoms with Crippen LogP contribution in [0.4, 0.5) is 0 Å². The number of thiophene rings is 1. The predicted octanol–water partition coefficient (Wildman–Crippen LogP) is 4.39. The number of nitrogens with zero attached hydrogens (tertiary/aromatic N) is 2. The molecule has 2 heterocycles. The van der Waals surface area contributed by atoms with E-state index in [4.69, 9.17) is 5.73 Å². The van der Waals surface area contributed by atoms with E-state index < -0.39 is 0 Å². The Kier molecular flexibility index (Phi) is 10.2. The standard InChI is InChI=1S/C21H30N4S.HI/c22-21(23-12-11-20-6-5-15-26-20)24-16-18-7-9-19(10-8-18)17-25-13-3-1-2-4-14-25;/h5-10,15H,1-4,11-14,16-17H2,(H3,22,23,24);1H. The Morgan fingerprint density at radius 1 is 1.04 bits per heavy atom. The van der Waals surface area contributed by atoms with Crippen molar-refractivity contribution in [2.45, 2.75) is 45.2 Å². The first-order chi connectivity index (χ1) is 12.8. The molecular formula is C21H31IN4S. The highest BCUT2D eigenvalue weighted by atomic mass is 127. The van der Waals surface area contributed by atoms with Crippen molar-refractivity contribution in [2.75, 3.05) is 19.6 Å². The van der Waals surface area contributed by atoms with Gasteiger partial charge in [0, 0.05) is 18.0 Å². The second-order valence-corrected chi connectivity index (χ2v) is 8.00. The van der Waals surface area contributed by atoms with Gasteiger partial charge in [0.05, 0.1) is 6.54 Å². The van der Waals surface area contributed by atoms with E-state index in [9.17, 15) is 0 Å². The van der Waals surface area contributed by atoms with E-state index in [-0.39, 0.29) is 24.0 Å². The summed E-state index contributed by atoms with van der Waals surface area (Å²) >= 11 is 1.78. The van der Waals surface area contributed by atoms with E-state index >= 15 is 0 Å². The van der Waals surface area contributed by atoms with Crippen molar-refractivity contribution in [3.8, 4) is 0 Å². The Labute approximate surface area is 184 Å². The molecular weight excluding hydrogens is 467 g/mol. The Balaban J connectivity index is 0.00000261. The number of aliphatic imine (C=N–C) groups is 1. The Hall–Kier alpha value is -1.12. The number of hydrogen-bond acceptors (Lipinski definition) is 3. The van der Waals surface area contributed by atoms with Crippen LogP contribution in [0.1, 0.15) is 41.7 Å². The maximum Gasteiger partial charge on any atom is 0.188 e. The third-order valence-corrected chi connectivity index (χ3v) is 5.75. The number of halogens is 1. The van der Waals surface area contributed by atoms with Crippen molar-refractivity contribution in [3.63, 3.8) is 0 Å². The Morgan fingerprint density at radius 3 is 2.41 bits per heavy atom. The maximum absolute atomic E-state index is 5.96. The highest BCUT2D eigenvalue weighted by molar-refractivity contribution is 14.0. The third kappa shape index (κ3) is 8.19. The average Bonchev–Trinajstić information content (AvgIpc) is 3.04. The molecule has 0 saturated carbocycles. The number of guanidine groups is 1. The molecule has 1 aromatic carbocycles. The summed E-state index contributed by atoms with van der Waals surface area (Å²) in [6.07, 6.45) is 6.43. The van der Waals surface area contributed by atoms with Gasteiger partial charge in [0.1, 0.15) is 0 Å². The molecule has 0 aliphatic carbocycles. The van der Waals surface area contributed by atoms with Gasteiger partial charge >= 0.3 is 0 Å². The topological polar surface area (TPSA) is 53.6 Å². The molecule has 1 aliphatic rings. The monoisotopic (exact) mass is 498 g/mol. The molecule has 2 aromatic rings. The van der Waals surface area contributed by atoms with Gasteiger partial charge < -0.3 is 11.1 Å². The number of hydrogen-bond donors (Lipinski definition) is 2. The van der Waals surface area contributed by atoms with E-state index in [0.717, 1.165) is 19.5 Å². The Bertz CT molecular complexity index is 662. The summed E-state index contributed by atoms with van der Waals surface area (Å²) in [6.45, 7) is 4.99. The van der Waals surface area contributed by atoms with Crippen LogP contribution in [0.3, 0.4) is 0 Å². The molecule has 0 amide bonds. The lowest BCUT2D eigenvalue weighted by atomic mass is 10.1. The van der Waals surface area contributed by atoms with Crippen molar-refractivity contribution in [1.29, 1.82) is 0 Å². The highest BCUT2D eigenvalue weighted by Gasteiger charge is 2.09. The van der Waals surface area contributed by atoms with Crippen LogP contribution in [0.5, 0.6) is 0 Å². The van der Waals surface area contributed by atoms with Crippen molar-refractivity contribution in [1.82, 2.24) is 10.2 Å². The fourth-order valence-corrected chi connectivity index (χ4v) is 4.01. The van der Waals surface area contributed by atoms with Gasteiger partial charge in [-0.05, 0) is 54.9 Å². The number of nitrogens with one attached hydrogen (secondary N) is 1. The molecule has 148 valence electrons. The van der Waals surface area contributed by atoms with Crippen LogP contribution >= 0.6 is 35.3 Å². The second kappa shape index (κ2) is 12.4. The lowest BCUT2D eigenvalue weighted by Crippen LogP contribution is -2.33. The van der Waals surface area contributed by atoms with Gasteiger partial charge in [-0.2, -0.15) is 0 Å². The lowest BCUT2D eigenvalue weighted by Gasteiger charge is -2.19. The fourth-order valence-electron chi connectivity index (χ4n) is 3.30. The van der Waals surface area contributed by atoms with Crippen LogP contribution in [-0.2, 0) is 19.5 Å². The molecule has 1 aliphatic heterocycles. The molecule has 0 bridgehead atoms. The zero-order chi connectivity index (χ0) is 18.0. The number of benzene rings is 1. The van der Waals surface area contributed by atoms with Gasteiger partial charge in [0.25, 0.3) is 0 Å². The molecule has 1 aromatic heterocycles. The van der Waals surface area contributed by atoms with Crippen LogP contribution in [0, 0.1) is 0 Å². The van der Waals surface area contributed by atoms with E-state index in [1.807, 2.05) is 0 Å². The van der Waals surface area contributed by atoms with Crippen LogP contribution in [0.25, 0.3) is 0 Å². The van der Waals surface area contributed by atoms with E-state index in [1.165, 1.54) is 54.8 Å². The van der Waals surface area contributed by atoms with Gasteiger partial charge in [-0.3, -0.25) is 4.90 Å². The minimum Gasteiger partial charge on any atom is -0.370 e. The van der Waals surface area contributed by atoms with E-state index in [1.54, 1.807) is 11.3 Å². The first-order valence-electron chi connectivity index (χ1n) is 9.66. The molecule has 3 N–H and O–H groups in total. The van der Waals surface area contributed by atoms with Crippen molar-refractivity contribution < 1.29 is 0 Å². The summed E-state index contributed by atoms with van der Waals surface area (Å²) in [5, 5.41) is 5.29. The van der Waals surface area contributed by atoms with Crippen molar-refractivity contribution in [2.24, 2.45) is 10.7 Å². The highest BCUT2D eigenvalue weighted by Crippen LogP contribution is 2.14. The summed E-state index contributed by atoms with van der Waals surface area (Å²) in [5.74, 6) is 0.523. The van der Waals surface area contributed by atoms with Crippen LogP contribution in [0.15, 0.2) is 46.8 Å². The first kappa shape index (κ1) is 22.2. The maximum atomic E-state index is 5.96. The summed E-state index contributed by atoms with van der Waals surface area (Å²) in [7, 11) is 0. The van der Waals surface area contributed by atoms with Gasteiger partial charge in [0.15, 0.2) is 5.96 Å². The molecule has 3 rings (SSSR count). The van der Waals surface area contributed by atoms with Crippen LogP contribution in [0.2, 0.25) is 0 Å². The molecule has 0 spiro atoms. The fraction of sp³-hybridized carbons (Fsp3) is 0.476. The summed E-state index contributed by atoms with van der Waals surface area (Å²) < 4.78 is 0. The molecule has 4 nitrogen and oxygen atoms in total. The predicted molar refractivity (Wildman–Crippen MR) is 127 cm³/mol. The average molecular weight is 498 g/mol. The number of nitrogens with two attached hydrogens (primary N) is 1. The summed E-state index contributed by atoms with van der Waals surface area (Å²) in [5.41, 5.74) is 8.56. The van der Waals surface area contributed by atoms with Crippen molar-refractivity contribution in [3.05, 3.63) is 57.8 Å². The van der Waals surface area contributed by atoms with E-state index in [0.29, 0.717) is 12.5 Å². The SMILES string of the molecule is I.NC(=NCc1ccc(CN2CCCCCC2)cc1)NCCc1cccs1. The normalized spacial score (nSPS) is 15.8. The summed E-state index contributed by atoms with van der Waals surface area (Å²) in [4.78, 5) is 8.39. The second-order valence-electron chi connectivity index (χ2n) is 6.96. The summed E-state index contributed by atoms with van der Waals surface area (Å²) in [6, 6.07) is 13.0. The smallest absolute Gasteiger partial charge is 0.188 e. The molecule has 0 unspecified atom stereocenters. The quantitative estimate of drug-likeness (QED) is 0.338. The van der Waals surface area contributed by atoms with Gasteiger partial charge in [0.2, 0.25) is 0 Å². The van der Waals surface area contributed by atoms with E-state index in [2.05, 4.69) is 57.0 Å². The Morgan fingerprint density at radius 2 is 1.74 bits per heavy atom. The molecule has 1 saturated heterocycles. The third-order valence-electron chi connectivity index (χ3n) is 4.82.